The van der Waals surface area contributed by atoms with Crippen LogP contribution in [0.25, 0.3) is 0 Å². The number of hydrogen-bond donors (Lipinski definition) is 0. The Morgan fingerprint density at radius 1 is 1.47 bits per heavy atom. The molecular formula is C11H17F3N2O. The fourth-order valence-electron chi connectivity index (χ4n) is 1.19. The van der Waals surface area contributed by atoms with Crippen molar-refractivity contribution in [2.75, 3.05) is 0 Å². The first kappa shape index (κ1) is 14.0. The van der Waals surface area contributed by atoms with E-state index in [1.807, 2.05) is 13.8 Å². The molecule has 0 fully saturated rings. The van der Waals surface area contributed by atoms with Gasteiger partial charge in [0.25, 0.3) is 0 Å². The minimum atomic E-state index is -4.14. The molecule has 6 heteroatoms. The fraction of sp³-hybridized carbons (Fsp3) is 0.727. The Balaban J connectivity index is 2.37. The van der Waals surface area contributed by atoms with Gasteiger partial charge in [-0.05, 0) is 19.4 Å². The zero-order valence-electron chi connectivity index (χ0n) is 10.00. The molecule has 1 aromatic heterocycles. The summed E-state index contributed by atoms with van der Waals surface area (Å²) in [5.41, 5.74) is 0.660. The molecule has 1 atom stereocenters. The quantitative estimate of drug-likeness (QED) is 0.775. The molecule has 17 heavy (non-hydrogen) atoms. The predicted octanol–water partition coefficient (Wildman–Crippen LogP) is 3.15. The number of halogens is 3. The standard InChI is InChI=1S/C11H17F3N2O/c1-3-9(2)17-8-10-4-6-16(15-10)7-5-11(12,13)14/h4,6,9H,3,5,7-8H2,1-2H3/t9-/m1/s1. The third-order valence-corrected chi connectivity index (χ3v) is 2.41. The van der Waals surface area contributed by atoms with E-state index in [2.05, 4.69) is 5.10 Å². The van der Waals surface area contributed by atoms with Gasteiger partial charge in [0.15, 0.2) is 0 Å². The molecule has 1 aromatic rings. The van der Waals surface area contributed by atoms with Gasteiger partial charge in [0, 0.05) is 12.7 Å². The normalized spacial score (nSPS) is 13.9. The highest BCUT2D eigenvalue weighted by Gasteiger charge is 2.26. The molecule has 0 aliphatic heterocycles. The Hall–Kier alpha value is -1.04. The lowest BCUT2D eigenvalue weighted by atomic mass is 10.3. The first-order valence-corrected chi connectivity index (χ1v) is 5.61. The van der Waals surface area contributed by atoms with Crippen molar-refractivity contribution in [2.45, 2.75) is 52.1 Å². The zero-order chi connectivity index (χ0) is 12.9. The van der Waals surface area contributed by atoms with Crippen LogP contribution in [0, 0.1) is 0 Å². The lowest BCUT2D eigenvalue weighted by molar-refractivity contribution is -0.137. The van der Waals surface area contributed by atoms with Crippen molar-refractivity contribution in [1.82, 2.24) is 9.78 Å². The van der Waals surface area contributed by atoms with Crippen molar-refractivity contribution in [3.63, 3.8) is 0 Å². The van der Waals surface area contributed by atoms with E-state index in [1.54, 1.807) is 12.3 Å². The zero-order valence-corrected chi connectivity index (χ0v) is 10.00. The van der Waals surface area contributed by atoms with Crippen LogP contribution in [0.1, 0.15) is 32.4 Å². The molecule has 0 aliphatic carbocycles. The molecule has 0 spiro atoms. The van der Waals surface area contributed by atoms with Crippen LogP contribution < -0.4 is 0 Å². The molecule has 98 valence electrons. The molecule has 0 aliphatic rings. The Kier molecular flexibility index (Phi) is 4.99. The van der Waals surface area contributed by atoms with E-state index < -0.39 is 12.6 Å². The van der Waals surface area contributed by atoms with Crippen LogP contribution in [-0.4, -0.2) is 22.1 Å². The van der Waals surface area contributed by atoms with Gasteiger partial charge >= 0.3 is 6.18 Å². The van der Waals surface area contributed by atoms with Crippen LogP contribution >= 0.6 is 0 Å². The molecule has 0 saturated carbocycles. The maximum atomic E-state index is 12.0. The summed E-state index contributed by atoms with van der Waals surface area (Å²) >= 11 is 0. The first-order valence-electron chi connectivity index (χ1n) is 5.61. The number of aromatic nitrogens is 2. The van der Waals surface area contributed by atoms with E-state index in [-0.39, 0.29) is 12.6 Å². The summed E-state index contributed by atoms with van der Waals surface area (Å²) < 4.78 is 42.7. The molecule has 0 N–H and O–H groups in total. The van der Waals surface area contributed by atoms with Crippen LogP contribution in [0.2, 0.25) is 0 Å². The summed E-state index contributed by atoms with van der Waals surface area (Å²) in [5.74, 6) is 0. The topological polar surface area (TPSA) is 27.1 Å². The van der Waals surface area contributed by atoms with E-state index in [0.717, 1.165) is 6.42 Å². The van der Waals surface area contributed by atoms with Gasteiger partial charge in [-0.15, -0.1) is 0 Å². The van der Waals surface area contributed by atoms with Crippen molar-refractivity contribution in [2.24, 2.45) is 0 Å². The lowest BCUT2D eigenvalue weighted by Crippen LogP contribution is -2.13. The van der Waals surface area contributed by atoms with Gasteiger partial charge in [-0.25, -0.2) is 0 Å². The van der Waals surface area contributed by atoms with Crippen molar-refractivity contribution in [3.05, 3.63) is 18.0 Å². The summed E-state index contributed by atoms with van der Waals surface area (Å²) in [4.78, 5) is 0. The number of aryl methyl sites for hydroxylation is 1. The second kappa shape index (κ2) is 6.05. The molecule has 0 saturated heterocycles. The Labute approximate surface area is 98.6 Å². The van der Waals surface area contributed by atoms with Gasteiger partial charge in [-0.3, -0.25) is 4.68 Å². The third kappa shape index (κ3) is 5.72. The average molecular weight is 250 g/mol. The number of hydrogen-bond acceptors (Lipinski definition) is 2. The summed E-state index contributed by atoms with van der Waals surface area (Å²) in [6, 6.07) is 1.68. The third-order valence-electron chi connectivity index (χ3n) is 2.41. The van der Waals surface area contributed by atoms with E-state index in [1.165, 1.54) is 4.68 Å². The number of nitrogens with zero attached hydrogens (tertiary/aromatic N) is 2. The van der Waals surface area contributed by atoms with E-state index >= 15 is 0 Å². The van der Waals surface area contributed by atoms with Crippen molar-refractivity contribution < 1.29 is 17.9 Å². The molecule has 1 heterocycles. The second-order valence-corrected chi connectivity index (χ2v) is 3.97. The van der Waals surface area contributed by atoms with Crippen LogP contribution in [-0.2, 0) is 17.9 Å². The summed E-state index contributed by atoms with van der Waals surface area (Å²) in [7, 11) is 0. The summed E-state index contributed by atoms with van der Waals surface area (Å²) in [6.07, 6.45) is -2.43. The highest BCUT2D eigenvalue weighted by atomic mass is 19.4. The first-order chi connectivity index (χ1) is 7.90. The van der Waals surface area contributed by atoms with Crippen molar-refractivity contribution >= 4 is 0 Å². The number of ether oxygens (including phenoxy) is 1. The predicted molar refractivity (Wildman–Crippen MR) is 57.4 cm³/mol. The maximum absolute atomic E-state index is 12.0. The van der Waals surface area contributed by atoms with Crippen LogP contribution in [0.5, 0.6) is 0 Å². The molecule has 0 radical (unpaired) electrons. The second-order valence-electron chi connectivity index (χ2n) is 3.97. The Bertz CT molecular complexity index is 336. The van der Waals surface area contributed by atoms with Crippen molar-refractivity contribution in [3.8, 4) is 0 Å². The minimum absolute atomic E-state index is 0.135. The Morgan fingerprint density at radius 3 is 2.76 bits per heavy atom. The minimum Gasteiger partial charge on any atom is -0.372 e. The Morgan fingerprint density at radius 2 is 2.18 bits per heavy atom. The van der Waals surface area contributed by atoms with E-state index in [9.17, 15) is 13.2 Å². The molecule has 0 aromatic carbocycles. The van der Waals surface area contributed by atoms with Crippen LogP contribution in [0.4, 0.5) is 13.2 Å². The highest BCUT2D eigenvalue weighted by molar-refractivity contribution is 4.97. The van der Waals surface area contributed by atoms with Crippen LogP contribution in [0.3, 0.4) is 0 Å². The van der Waals surface area contributed by atoms with Crippen LogP contribution in [0.15, 0.2) is 12.3 Å². The largest absolute Gasteiger partial charge is 0.390 e. The number of alkyl halides is 3. The monoisotopic (exact) mass is 250 g/mol. The number of rotatable bonds is 6. The molecular weight excluding hydrogens is 233 g/mol. The fourth-order valence-corrected chi connectivity index (χ4v) is 1.19. The molecule has 0 bridgehead atoms. The van der Waals surface area contributed by atoms with Gasteiger partial charge < -0.3 is 4.74 Å². The summed E-state index contributed by atoms with van der Waals surface area (Å²) in [5, 5.41) is 4.01. The smallest absolute Gasteiger partial charge is 0.372 e. The molecule has 0 amide bonds. The SMILES string of the molecule is CC[C@@H](C)OCc1ccn(CCC(F)(F)F)n1. The average Bonchev–Trinajstić information content (AvgIpc) is 2.70. The van der Waals surface area contributed by atoms with E-state index in [4.69, 9.17) is 4.74 Å². The van der Waals surface area contributed by atoms with E-state index in [0.29, 0.717) is 12.3 Å². The molecule has 3 nitrogen and oxygen atoms in total. The van der Waals surface area contributed by atoms with Gasteiger partial charge in [0.2, 0.25) is 0 Å². The van der Waals surface area contributed by atoms with Gasteiger partial charge in [0.1, 0.15) is 0 Å². The van der Waals surface area contributed by atoms with Crippen molar-refractivity contribution in [1.29, 1.82) is 0 Å². The maximum Gasteiger partial charge on any atom is 0.390 e. The summed E-state index contributed by atoms with van der Waals surface area (Å²) in [6.45, 7) is 4.15. The van der Waals surface area contributed by atoms with Gasteiger partial charge in [-0.1, -0.05) is 6.92 Å². The lowest BCUT2D eigenvalue weighted by Gasteiger charge is -2.08. The highest BCUT2D eigenvalue weighted by Crippen LogP contribution is 2.20. The molecule has 0 unspecified atom stereocenters. The van der Waals surface area contributed by atoms with Gasteiger partial charge in [0.05, 0.1) is 24.8 Å². The molecule has 1 rings (SSSR count). The van der Waals surface area contributed by atoms with Gasteiger partial charge in [-0.2, -0.15) is 18.3 Å².